The van der Waals surface area contributed by atoms with E-state index in [0.717, 1.165) is 23.2 Å². The van der Waals surface area contributed by atoms with Gasteiger partial charge in [0.15, 0.2) is 0 Å². The molecule has 0 aliphatic carbocycles. The van der Waals surface area contributed by atoms with Gasteiger partial charge in [0.05, 0.1) is 17.8 Å². The molecule has 0 radical (unpaired) electrons. The van der Waals surface area contributed by atoms with Crippen molar-refractivity contribution in [3.05, 3.63) is 65.5 Å². The highest BCUT2D eigenvalue weighted by Gasteiger charge is 2.28. The number of hydrogen-bond acceptors (Lipinski definition) is 3. The maximum absolute atomic E-state index is 9.87. The number of aliphatic hydroxyl groups is 1. The molecule has 0 amide bonds. The van der Waals surface area contributed by atoms with E-state index in [1.165, 1.54) is 0 Å². The summed E-state index contributed by atoms with van der Waals surface area (Å²) in [5, 5.41) is 13.3. The second-order valence-corrected chi connectivity index (χ2v) is 5.14. The minimum atomic E-state index is -0.409. The molecule has 0 fully saturated rings. The molecule has 1 heterocycles. The van der Waals surface area contributed by atoms with E-state index in [0.29, 0.717) is 6.54 Å². The lowest BCUT2D eigenvalue weighted by atomic mass is 9.88. The van der Waals surface area contributed by atoms with Crippen molar-refractivity contribution in [3.63, 3.8) is 0 Å². The van der Waals surface area contributed by atoms with Crippen LogP contribution in [0.15, 0.2) is 48.7 Å². The van der Waals surface area contributed by atoms with Crippen LogP contribution in [0, 0.1) is 6.92 Å². The zero-order valence-corrected chi connectivity index (χ0v) is 12.1. The summed E-state index contributed by atoms with van der Waals surface area (Å²) >= 11 is 0. The Kier molecular flexibility index (Phi) is 4.88. The van der Waals surface area contributed by atoms with E-state index >= 15 is 0 Å². The van der Waals surface area contributed by atoms with Gasteiger partial charge in [0, 0.05) is 12.7 Å². The van der Waals surface area contributed by atoms with Crippen LogP contribution in [-0.2, 0) is 12.1 Å². The highest BCUT2D eigenvalue weighted by atomic mass is 16.3. The molecule has 1 aromatic heterocycles. The van der Waals surface area contributed by atoms with Crippen molar-refractivity contribution in [1.29, 1.82) is 0 Å². The molecular formula is C17H22N2O. The second-order valence-electron chi connectivity index (χ2n) is 5.14. The summed E-state index contributed by atoms with van der Waals surface area (Å²) in [6.45, 7) is 4.82. The van der Waals surface area contributed by atoms with Gasteiger partial charge in [-0.15, -0.1) is 0 Å². The summed E-state index contributed by atoms with van der Waals surface area (Å²) in [5.74, 6) is 0. The summed E-state index contributed by atoms with van der Waals surface area (Å²) in [5.41, 5.74) is 2.84. The first-order valence-electron chi connectivity index (χ1n) is 7.03. The van der Waals surface area contributed by atoms with Crippen molar-refractivity contribution < 1.29 is 5.11 Å². The molecule has 2 rings (SSSR count). The van der Waals surface area contributed by atoms with Crippen LogP contribution in [-0.4, -0.2) is 16.7 Å². The van der Waals surface area contributed by atoms with Crippen molar-refractivity contribution in [2.45, 2.75) is 32.4 Å². The molecular weight excluding hydrogens is 248 g/mol. The maximum Gasteiger partial charge on any atom is 0.0669 e. The van der Waals surface area contributed by atoms with Crippen molar-refractivity contribution in [2.75, 3.05) is 6.61 Å². The van der Waals surface area contributed by atoms with E-state index in [-0.39, 0.29) is 6.61 Å². The molecule has 1 atom stereocenters. The normalized spacial score (nSPS) is 13.9. The van der Waals surface area contributed by atoms with E-state index in [4.69, 9.17) is 0 Å². The Morgan fingerprint density at radius 2 is 1.90 bits per heavy atom. The van der Waals surface area contributed by atoms with E-state index in [1.54, 1.807) is 0 Å². The lowest BCUT2D eigenvalue weighted by molar-refractivity contribution is 0.153. The minimum absolute atomic E-state index is 0.0688. The average Bonchev–Trinajstić information content (AvgIpc) is 2.51. The zero-order valence-electron chi connectivity index (χ0n) is 12.1. The third kappa shape index (κ3) is 3.24. The van der Waals surface area contributed by atoms with Gasteiger partial charge in [0.1, 0.15) is 0 Å². The minimum Gasteiger partial charge on any atom is -0.394 e. The predicted octanol–water partition coefficient (Wildman–Crippen LogP) is 2.78. The molecule has 3 heteroatoms. The van der Waals surface area contributed by atoms with Crippen LogP contribution < -0.4 is 5.32 Å². The monoisotopic (exact) mass is 270 g/mol. The Morgan fingerprint density at radius 1 is 1.15 bits per heavy atom. The van der Waals surface area contributed by atoms with Gasteiger partial charge in [0.2, 0.25) is 0 Å². The maximum atomic E-state index is 9.87. The number of benzene rings is 1. The molecule has 20 heavy (non-hydrogen) atoms. The fourth-order valence-corrected chi connectivity index (χ4v) is 2.31. The van der Waals surface area contributed by atoms with Gasteiger partial charge in [-0.2, -0.15) is 0 Å². The van der Waals surface area contributed by atoms with Gasteiger partial charge in [-0.25, -0.2) is 0 Å². The number of rotatable bonds is 6. The first-order chi connectivity index (χ1) is 9.70. The molecule has 0 aliphatic heterocycles. The Hall–Kier alpha value is -1.71. The lowest BCUT2D eigenvalue weighted by Crippen LogP contribution is -2.44. The largest absolute Gasteiger partial charge is 0.394 e. The molecule has 0 bridgehead atoms. The van der Waals surface area contributed by atoms with E-state index in [2.05, 4.69) is 35.4 Å². The Bertz CT molecular complexity index is 518. The van der Waals surface area contributed by atoms with Crippen LogP contribution in [0.4, 0.5) is 0 Å². The number of pyridine rings is 1. The topological polar surface area (TPSA) is 45.1 Å². The Labute approximate surface area is 120 Å². The molecule has 106 valence electrons. The van der Waals surface area contributed by atoms with Crippen LogP contribution >= 0.6 is 0 Å². The summed E-state index contributed by atoms with van der Waals surface area (Å²) < 4.78 is 0. The van der Waals surface area contributed by atoms with E-state index in [1.807, 2.05) is 37.4 Å². The van der Waals surface area contributed by atoms with E-state index in [9.17, 15) is 5.11 Å². The number of aliphatic hydroxyl groups excluding tert-OH is 1. The van der Waals surface area contributed by atoms with Crippen molar-refractivity contribution in [2.24, 2.45) is 0 Å². The number of nitrogens with one attached hydrogen (secondary N) is 1. The summed E-state index contributed by atoms with van der Waals surface area (Å²) in [6, 6.07) is 14.2. The average molecular weight is 270 g/mol. The quantitative estimate of drug-likeness (QED) is 0.848. The predicted molar refractivity (Wildman–Crippen MR) is 81.3 cm³/mol. The summed E-state index contributed by atoms with van der Waals surface area (Å²) in [7, 11) is 0. The van der Waals surface area contributed by atoms with Crippen LogP contribution in [0.5, 0.6) is 0 Å². The van der Waals surface area contributed by atoms with Crippen LogP contribution in [0.1, 0.15) is 30.2 Å². The molecule has 0 aliphatic rings. The molecule has 2 aromatic rings. The Morgan fingerprint density at radius 3 is 2.45 bits per heavy atom. The lowest BCUT2D eigenvalue weighted by Gasteiger charge is -2.32. The number of aryl methyl sites for hydroxylation is 1. The fourth-order valence-electron chi connectivity index (χ4n) is 2.31. The van der Waals surface area contributed by atoms with Crippen molar-refractivity contribution in [3.8, 4) is 0 Å². The van der Waals surface area contributed by atoms with Crippen molar-refractivity contribution in [1.82, 2.24) is 10.3 Å². The zero-order chi connectivity index (χ0) is 14.4. The van der Waals surface area contributed by atoms with Crippen LogP contribution in [0.3, 0.4) is 0 Å². The fraction of sp³-hybridized carbons (Fsp3) is 0.353. The molecule has 2 N–H and O–H groups in total. The highest BCUT2D eigenvalue weighted by molar-refractivity contribution is 5.25. The Balaban J connectivity index is 2.15. The van der Waals surface area contributed by atoms with Gasteiger partial charge >= 0.3 is 0 Å². The first kappa shape index (κ1) is 14.7. The van der Waals surface area contributed by atoms with Crippen LogP contribution in [0.25, 0.3) is 0 Å². The van der Waals surface area contributed by atoms with Gasteiger partial charge in [-0.1, -0.05) is 43.3 Å². The number of hydrogen-bond donors (Lipinski definition) is 2. The summed E-state index contributed by atoms with van der Waals surface area (Å²) in [4.78, 5) is 4.40. The van der Waals surface area contributed by atoms with Gasteiger partial charge < -0.3 is 5.11 Å². The molecule has 3 nitrogen and oxygen atoms in total. The molecule has 1 aromatic carbocycles. The van der Waals surface area contributed by atoms with Crippen molar-refractivity contribution >= 4 is 0 Å². The third-order valence-corrected chi connectivity index (χ3v) is 3.78. The molecule has 0 saturated carbocycles. The first-order valence-corrected chi connectivity index (χ1v) is 7.03. The number of nitrogens with zero attached hydrogens (tertiary/aromatic N) is 1. The summed E-state index contributed by atoms with van der Waals surface area (Å²) in [6.07, 6.45) is 2.69. The smallest absolute Gasteiger partial charge is 0.0669 e. The van der Waals surface area contributed by atoms with Gasteiger partial charge in [0.25, 0.3) is 0 Å². The SMILES string of the molecule is CC[C@@](CO)(NCc1ccc(C)cn1)c1ccccc1. The molecule has 0 spiro atoms. The molecule has 0 unspecified atom stereocenters. The second kappa shape index (κ2) is 6.64. The van der Waals surface area contributed by atoms with E-state index < -0.39 is 5.54 Å². The molecule has 0 saturated heterocycles. The standard InChI is InChI=1S/C17H22N2O/c1-3-17(13-20,15-7-5-4-6-8-15)19-12-16-10-9-14(2)11-18-16/h4-11,19-20H,3,12-13H2,1-2H3/t17-/m0/s1. The van der Waals surface area contributed by atoms with Gasteiger partial charge in [-0.05, 0) is 30.5 Å². The highest BCUT2D eigenvalue weighted by Crippen LogP contribution is 2.24. The third-order valence-electron chi connectivity index (χ3n) is 3.78. The number of aromatic nitrogens is 1. The van der Waals surface area contributed by atoms with Gasteiger partial charge in [-0.3, -0.25) is 10.3 Å². The van der Waals surface area contributed by atoms with Crippen LogP contribution in [0.2, 0.25) is 0 Å².